The predicted octanol–water partition coefficient (Wildman–Crippen LogP) is 2.35. The van der Waals surface area contributed by atoms with Crippen molar-refractivity contribution in [2.75, 3.05) is 26.2 Å². The zero-order valence-electron chi connectivity index (χ0n) is 11.4. The second-order valence-corrected chi connectivity index (χ2v) is 6.86. The molecule has 2 fully saturated rings. The average molecular weight is 224 g/mol. The Morgan fingerprint density at radius 2 is 2.00 bits per heavy atom. The van der Waals surface area contributed by atoms with E-state index in [0.717, 1.165) is 17.9 Å². The smallest absolute Gasteiger partial charge is 0.0137 e. The highest BCUT2D eigenvalue weighted by molar-refractivity contribution is 4.97. The van der Waals surface area contributed by atoms with Crippen molar-refractivity contribution < 1.29 is 0 Å². The molecule has 0 aromatic carbocycles. The number of hydrogen-bond donors (Lipinski definition) is 1. The molecular formula is C14H28N2. The van der Waals surface area contributed by atoms with Gasteiger partial charge in [-0.3, -0.25) is 4.90 Å². The van der Waals surface area contributed by atoms with Crippen LogP contribution >= 0.6 is 0 Å². The van der Waals surface area contributed by atoms with Gasteiger partial charge in [0.15, 0.2) is 0 Å². The predicted molar refractivity (Wildman–Crippen MR) is 69.6 cm³/mol. The Balaban J connectivity index is 1.90. The Morgan fingerprint density at radius 1 is 1.25 bits per heavy atom. The normalized spacial score (nSPS) is 35.6. The first kappa shape index (κ1) is 12.4. The maximum atomic E-state index is 3.55. The fourth-order valence-corrected chi connectivity index (χ4v) is 3.41. The van der Waals surface area contributed by atoms with E-state index in [0.29, 0.717) is 5.41 Å². The van der Waals surface area contributed by atoms with E-state index in [1.54, 1.807) is 0 Å². The maximum absolute atomic E-state index is 3.55. The molecule has 2 heterocycles. The van der Waals surface area contributed by atoms with E-state index < -0.39 is 0 Å². The number of hydrogen-bond acceptors (Lipinski definition) is 2. The Bertz CT molecular complexity index is 231. The minimum absolute atomic E-state index is 0.480. The van der Waals surface area contributed by atoms with Gasteiger partial charge >= 0.3 is 0 Å². The van der Waals surface area contributed by atoms with Gasteiger partial charge in [0.05, 0.1) is 0 Å². The Morgan fingerprint density at radius 3 is 2.62 bits per heavy atom. The van der Waals surface area contributed by atoms with Crippen LogP contribution in [0.25, 0.3) is 0 Å². The van der Waals surface area contributed by atoms with Crippen LogP contribution in [0.3, 0.4) is 0 Å². The first-order valence-corrected chi connectivity index (χ1v) is 6.96. The average Bonchev–Trinajstić information content (AvgIpc) is 2.71. The SMILES string of the molecule is CCC1C2CNCC2CN1CCC(C)(C)C. The van der Waals surface area contributed by atoms with Crippen molar-refractivity contribution in [1.82, 2.24) is 10.2 Å². The topological polar surface area (TPSA) is 15.3 Å². The molecular weight excluding hydrogens is 196 g/mol. The third-order valence-corrected chi connectivity index (χ3v) is 4.39. The van der Waals surface area contributed by atoms with E-state index >= 15 is 0 Å². The van der Waals surface area contributed by atoms with Crippen LogP contribution in [0.1, 0.15) is 40.5 Å². The lowest BCUT2D eigenvalue weighted by atomic mass is 9.91. The Kier molecular flexibility index (Phi) is 3.60. The molecule has 0 aromatic heterocycles. The molecule has 0 aliphatic carbocycles. The number of nitrogens with one attached hydrogen (secondary N) is 1. The number of nitrogens with zero attached hydrogens (tertiary/aromatic N) is 1. The Labute approximate surface area is 101 Å². The van der Waals surface area contributed by atoms with Crippen molar-refractivity contribution in [3.05, 3.63) is 0 Å². The summed E-state index contributed by atoms with van der Waals surface area (Å²) in [6, 6.07) is 0.849. The van der Waals surface area contributed by atoms with Gasteiger partial charge < -0.3 is 5.32 Å². The van der Waals surface area contributed by atoms with Gasteiger partial charge in [-0.2, -0.15) is 0 Å². The summed E-state index contributed by atoms with van der Waals surface area (Å²) in [7, 11) is 0. The van der Waals surface area contributed by atoms with Gasteiger partial charge in [-0.05, 0) is 49.7 Å². The van der Waals surface area contributed by atoms with Gasteiger partial charge in [-0.15, -0.1) is 0 Å². The van der Waals surface area contributed by atoms with Crippen LogP contribution in [0.5, 0.6) is 0 Å². The molecule has 2 rings (SSSR count). The fraction of sp³-hybridized carbons (Fsp3) is 1.00. The summed E-state index contributed by atoms with van der Waals surface area (Å²) >= 11 is 0. The quantitative estimate of drug-likeness (QED) is 0.791. The van der Waals surface area contributed by atoms with Crippen molar-refractivity contribution in [3.63, 3.8) is 0 Å². The van der Waals surface area contributed by atoms with Gasteiger partial charge in [0.1, 0.15) is 0 Å². The van der Waals surface area contributed by atoms with Crippen LogP contribution in [0, 0.1) is 17.3 Å². The number of likely N-dealkylation sites (tertiary alicyclic amines) is 1. The summed E-state index contributed by atoms with van der Waals surface area (Å²) in [6.45, 7) is 14.6. The number of fused-ring (bicyclic) bond motifs is 1. The lowest BCUT2D eigenvalue weighted by molar-refractivity contribution is 0.188. The highest BCUT2D eigenvalue weighted by atomic mass is 15.2. The highest BCUT2D eigenvalue weighted by Gasteiger charge is 2.42. The molecule has 0 bridgehead atoms. The second-order valence-electron chi connectivity index (χ2n) is 6.86. The highest BCUT2D eigenvalue weighted by Crippen LogP contribution is 2.35. The van der Waals surface area contributed by atoms with Crippen LogP contribution < -0.4 is 5.32 Å². The summed E-state index contributed by atoms with van der Waals surface area (Å²) in [5, 5.41) is 3.55. The lowest BCUT2D eigenvalue weighted by Gasteiger charge is -2.29. The van der Waals surface area contributed by atoms with Crippen molar-refractivity contribution in [3.8, 4) is 0 Å². The van der Waals surface area contributed by atoms with Crippen LogP contribution in [0.2, 0.25) is 0 Å². The summed E-state index contributed by atoms with van der Waals surface area (Å²) in [5.41, 5.74) is 0.480. The first-order valence-electron chi connectivity index (χ1n) is 6.96. The van der Waals surface area contributed by atoms with E-state index in [1.165, 1.54) is 39.0 Å². The summed E-state index contributed by atoms with van der Waals surface area (Å²) < 4.78 is 0. The zero-order chi connectivity index (χ0) is 11.8. The molecule has 0 amide bonds. The zero-order valence-corrected chi connectivity index (χ0v) is 11.4. The molecule has 2 heteroatoms. The molecule has 2 aliphatic rings. The largest absolute Gasteiger partial charge is 0.316 e. The molecule has 3 atom stereocenters. The van der Waals surface area contributed by atoms with E-state index in [-0.39, 0.29) is 0 Å². The van der Waals surface area contributed by atoms with Crippen LogP contribution in [-0.4, -0.2) is 37.1 Å². The summed E-state index contributed by atoms with van der Waals surface area (Å²) in [4.78, 5) is 2.77. The van der Waals surface area contributed by atoms with Crippen molar-refractivity contribution in [1.29, 1.82) is 0 Å². The van der Waals surface area contributed by atoms with Crippen molar-refractivity contribution in [2.24, 2.45) is 17.3 Å². The molecule has 16 heavy (non-hydrogen) atoms. The van der Waals surface area contributed by atoms with Gasteiger partial charge in [0.2, 0.25) is 0 Å². The van der Waals surface area contributed by atoms with E-state index in [1.807, 2.05) is 0 Å². The van der Waals surface area contributed by atoms with Gasteiger partial charge in [0, 0.05) is 12.6 Å². The first-order chi connectivity index (χ1) is 7.51. The van der Waals surface area contributed by atoms with Crippen molar-refractivity contribution in [2.45, 2.75) is 46.6 Å². The molecule has 0 spiro atoms. The molecule has 0 aromatic rings. The molecule has 1 N–H and O–H groups in total. The minimum atomic E-state index is 0.480. The molecule has 2 aliphatic heterocycles. The molecule has 2 nitrogen and oxygen atoms in total. The van der Waals surface area contributed by atoms with Crippen LogP contribution in [0.15, 0.2) is 0 Å². The van der Waals surface area contributed by atoms with Crippen LogP contribution in [0.4, 0.5) is 0 Å². The summed E-state index contributed by atoms with van der Waals surface area (Å²) in [6.07, 6.45) is 2.66. The molecule has 0 radical (unpaired) electrons. The molecule has 0 saturated carbocycles. The maximum Gasteiger partial charge on any atom is 0.0137 e. The van der Waals surface area contributed by atoms with E-state index in [9.17, 15) is 0 Å². The second kappa shape index (κ2) is 4.66. The van der Waals surface area contributed by atoms with E-state index in [2.05, 4.69) is 37.9 Å². The van der Waals surface area contributed by atoms with Gasteiger partial charge in [0.25, 0.3) is 0 Å². The monoisotopic (exact) mass is 224 g/mol. The Hall–Kier alpha value is -0.0800. The standard InChI is InChI=1S/C14H28N2/c1-5-13-12-9-15-8-11(12)10-16(13)7-6-14(2,3)4/h11-13,15H,5-10H2,1-4H3. The van der Waals surface area contributed by atoms with Crippen LogP contribution in [-0.2, 0) is 0 Å². The number of rotatable bonds is 3. The van der Waals surface area contributed by atoms with E-state index in [4.69, 9.17) is 0 Å². The molecule has 2 saturated heterocycles. The lowest BCUT2D eigenvalue weighted by Crippen LogP contribution is -2.36. The fourth-order valence-electron chi connectivity index (χ4n) is 3.41. The molecule has 3 unspecified atom stereocenters. The molecule has 94 valence electrons. The van der Waals surface area contributed by atoms with Crippen molar-refractivity contribution >= 4 is 0 Å². The third kappa shape index (κ3) is 2.60. The van der Waals surface area contributed by atoms with Gasteiger partial charge in [-0.1, -0.05) is 27.7 Å². The van der Waals surface area contributed by atoms with Gasteiger partial charge in [-0.25, -0.2) is 0 Å². The summed E-state index contributed by atoms with van der Waals surface area (Å²) in [5.74, 6) is 1.87. The minimum Gasteiger partial charge on any atom is -0.316 e. The third-order valence-electron chi connectivity index (χ3n) is 4.39.